The van der Waals surface area contributed by atoms with Gasteiger partial charge in [-0.2, -0.15) is 0 Å². The summed E-state index contributed by atoms with van der Waals surface area (Å²) in [6, 6.07) is 11.3. The Bertz CT molecular complexity index is 555. The van der Waals surface area contributed by atoms with Gasteiger partial charge in [0.2, 0.25) is 0 Å². The molecule has 0 aliphatic rings. The molecule has 4 heteroatoms. The van der Waals surface area contributed by atoms with Crippen molar-refractivity contribution in [3.8, 4) is 5.75 Å². The molecule has 1 heterocycles. The van der Waals surface area contributed by atoms with E-state index in [0.29, 0.717) is 23.1 Å². The standard InChI is InChI=1S/C14H12ClNO2/c1-10(17)14-13(7-12(15)8-16-14)18-9-11-5-3-2-4-6-11/h2-8H,9H2,1H3. The van der Waals surface area contributed by atoms with Gasteiger partial charge in [-0.15, -0.1) is 0 Å². The average Bonchev–Trinajstić information content (AvgIpc) is 2.37. The Balaban J connectivity index is 2.18. The summed E-state index contributed by atoms with van der Waals surface area (Å²) in [4.78, 5) is 15.4. The molecule has 0 saturated carbocycles. The molecule has 2 rings (SSSR count). The van der Waals surface area contributed by atoms with Crippen LogP contribution < -0.4 is 4.74 Å². The van der Waals surface area contributed by atoms with E-state index in [-0.39, 0.29) is 5.78 Å². The molecule has 18 heavy (non-hydrogen) atoms. The fourth-order valence-electron chi connectivity index (χ4n) is 1.53. The minimum absolute atomic E-state index is 0.144. The third-order valence-corrected chi connectivity index (χ3v) is 2.60. The Labute approximate surface area is 110 Å². The highest BCUT2D eigenvalue weighted by Crippen LogP contribution is 2.22. The summed E-state index contributed by atoms with van der Waals surface area (Å²) < 4.78 is 5.60. The van der Waals surface area contributed by atoms with E-state index in [1.54, 1.807) is 6.07 Å². The number of hydrogen-bond acceptors (Lipinski definition) is 3. The molecule has 1 aromatic heterocycles. The first-order valence-corrected chi connectivity index (χ1v) is 5.88. The number of rotatable bonds is 4. The topological polar surface area (TPSA) is 39.2 Å². The normalized spacial score (nSPS) is 10.1. The van der Waals surface area contributed by atoms with Crippen LogP contribution in [-0.4, -0.2) is 10.8 Å². The highest BCUT2D eigenvalue weighted by atomic mass is 35.5. The van der Waals surface area contributed by atoms with Crippen molar-refractivity contribution in [1.82, 2.24) is 4.98 Å². The lowest BCUT2D eigenvalue weighted by Crippen LogP contribution is -2.03. The molecule has 3 nitrogen and oxygen atoms in total. The van der Waals surface area contributed by atoms with E-state index >= 15 is 0 Å². The Morgan fingerprint density at radius 3 is 2.72 bits per heavy atom. The van der Waals surface area contributed by atoms with E-state index in [1.807, 2.05) is 30.3 Å². The molecule has 0 radical (unpaired) electrons. The summed E-state index contributed by atoms with van der Waals surface area (Å²) >= 11 is 5.85. The number of aromatic nitrogens is 1. The molecule has 0 aliphatic heterocycles. The van der Waals surface area contributed by atoms with Crippen LogP contribution in [0.1, 0.15) is 23.0 Å². The summed E-state index contributed by atoms with van der Waals surface area (Å²) in [7, 11) is 0. The predicted molar refractivity (Wildman–Crippen MR) is 70.0 cm³/mol. The molecule has 0 fully saturated rings. The number of pyridine rings is 1. The molecule has 0 aliphatic carbocycles. The van der Waals surface area contributed by atoms with E-state index in [4.69, 9.17) is 16.3 Å². The summed E-state index contributed by atoms with van der Waals surface area (Å²) in [5.41, 5.74) is 1.32. The second kappa shape index (κ2) is 5.65. The Morgan fingerprint density at radius 2 is 2.06 bits per heavy atom. The highest BCUT2D eigenvalue weighted by Gasteiger charge is 2.11. The van der Waals surface area contributed by atoms with Crippen LogP contribution in [0.15, 0.2) is 42.6 Å². The van der Waals surface area contributed by atoms with Gasteiger partial charge >= 0.3 is 0 Å². The zero-order chi connectivity index (χ0) is 13.0. The maximum atomic E-state index is 11.4. The van der Waals surface area contributed by atoms with Crippen LogP contribution in [-0.2, 0) is 6.61 Å². The van der Waals surface area contributed by atoms with Gasteiger partial charge in [0.25, 0.3) is 0 Å². The van der Waals surface area contributed by atoms with Crippen LogP contribution in [0.3, 0.4) is 0 Å². The lowest BCUT2D eigenvalue weighted by atomic mass is 10.2. The smallest absolute Gasteiger partial charge is 0.181 e. The maximum absolute atomic E-state index is 11.4. The third kappa shape index (κ3) is 3.08. The number of benzene rings is 1. The summed E-state index contributed by atoms with van der Waals surface area (Å²) in [6.45, 7) is 1.83. The molecule has 0 bridgehead atoms. The fourth-order valence-corrected chi connectivity index (χ4v) is 1.68. The van der Waals surface area contributed by atoms with Crippen LogP contribution in [0, 0.1) is 0 Å². The van der Waals surface area contributed by atoms with E-state index < -0.39 is 0 Å². The number of hydrogen-bond donors (Lipinski definition) is 0. The Kier molecular flexibility index (Phi) is 3.95. The third-order valence-electron chi connectivity index (χ3n) is 2.39. The first-order valence-electron chi connectivity index (χ1n) is 5.50. The van der Waals surface area contributed by atoms with Gasteiger partial charge in [0.05, 0.1) is 5.02 Å². The van der Waals surface area contributed by atoms with Gasteiger partial charge in [-0.1, -0.05) is 41.9 Å². The number of nitrogens with zero attached hydrogens (tertiary/aromatic N) is 1. The number of ether oxygens (including phenoxy) is 1. The van der Waals surface area contributed by atoms with Crippen molar-refractivity contribution in [1.29, 1.82) is 0 Å². The second-order valence-electron chi connectivity index (χ2n) is 3.83. The summed E-state index contributed by atoms with van der Waals surface area (Å²) in [6.07, 6.45) is 1.44. The lowest BCUT2D eigenvalue weighted by molar-refractivity contribution is 0.100. The number of ketones is 1. The Hall–Kier alpha value is -1.87. The summed E-state index contributed by atoms with van der Waals surface area (Å²) in [5.74, 6) is 0.272. The fraction of sp³-hybridized carbons (Fsp3) is 0.143. The van der Waals surface area contributed by atoms with Crippen LogP contribution >= 0.6 is 11.6 Å². The van der Waals surface area contributed by atoms with Crippen molar-refractivity contribution in [3.63, 3.8) is 0 Å². The van der Waals surface area contributed by atoms with E-state index in [0.717, 1.165) is 5.56 Å². The monoisotopic (exact) mass is 261 g/mol. The molecule has 0 amide bonds. The quantitative estimate of drug-likeness (QED) is 0.791. The van der Waals surface area contributed by atoms with Crippen LogP contribution in [0.25, 0.3) is 0 Å². The lowest BCUT2D eigenvalue weighted by Gasteiger charge is -2.09. The molecule has 1 aromatic carbocycles. The predicted octanol–water partition coefficient (Wildman–Crippen LogP) is 3.52. The molecular weight excluding hydrogens is 250 g/mol. The molecule has 2 aromatic rings. The zero-order valence-electron chi connectivity index (χ0n) is 9.89. The number of halogens is 1. The van der Waals surface area contributed by atoms with E-state index in [9.17, 15) is 4.79 Å². The van der Waals surface area contributed by atoms with Gasteiger partial charge < -0.3 is 4.74 Å². The van der Waals surface area contributed by atoms with Crippen molar-refractivity contribution in [2.24, 2.45) is 0 Å². The van der Waals surface area contributed by atoms with Gasteiger partial charge in [-0.05, 0) is 5.56 Å². The van der Waals surface area contributed by atoms with Gasteiger partial charge in [0.15, 0.2) is 11.5 Å². The SMILES string of the molecule is CC(=O)c1ncc(Cl)cc1OCc1ccccc1. The number of carbonyl (C=O) groups excluding carboxylic acids is 1. The first-order chi connectivity index (χ1) is 8.66. The van der Waals surface area contributed by atoms with Crippen molar-refractivity contribution >= 4 is 17.4 Å². The molecular formula is C14H12ClNO2. The van der Waals surface area contributed by atoms with Gasteiger partial charge in [0.1, 0.15) is 12.3 Å². The van der Waals surface area contributed by atoms with Crippen molar-refractivity contribution in [2.75, 3.05) is 0 Å². The van der Waals surface area contributed by atoms with Gasteiger partial charge in [-0.3, -0.25) is 4.79 Å². The molecule has 0 spiro atoms. The number of Topliss-reactive ketones (excluding diaryl/α,β-unsaturated/α-hetero) is 1. The van der Waals surface area contributed by atoms with Crippen molar-refractivity contribution in [2.45, 2.75) is 13.5 Å². The molecule has 0 atom stereocenters. The Morgan fingerprint density at radius 1 is 1.33 bits per heavy atom. The van der Waals surface area contributed by atoms with Crippen molar-refractivity contribution < 1.29 is 9.53 Å². The largest absolute Gasteiger partial charge is 0.486 e. The van der Waals surface area contributed by atoms with Gasteiger partial charge in [0, 0.05) is 19.2 Å². The highest BCUT2D eigenvalue weighted by molar-refractivity contribution is 6.30. The molecule has 0 saturated heterocycles. The van der Waals surface area contributed by atoms with Crippen LogP contribution in [0.4, 0.5) is 0 Å². The minimum atomic E-state index is -0.144. The van der Waals surface area contributed by atoms with Crippen LogP contribution in [0.2, 0.25) is 5.02 Å². The average molecular weight is 262 g/mol. The van der Waals surface area contributed by atoms with E-state index in [2.05, 4.69) is 4.98 Å². The van der Waals surface area contributed by atoms with Crippen LogP contribution in [0.5, 0.6) is 5.75 Å². The van der Waals surface area contributed by atoms with E-state index in [1.165, 1.54) is 13.1 Å². The zero-order valence-corrected chi connectivity index (χ0v) is 10.6. The van der Waals surface area contributed by atoms with Crippen molar-refractivity contribution in [3.05, 3.63) is 58.9 Å². The molecule has 0 unspecified atom stereocenters. The molecule has 92 valence electrons. The maximum Gasteiger partial charge on any atom is 0.181 e. The second-order valence-corrected chi connectivity index (χ2v) is 4.27. The van der Waals surface area contributed by atoms with Gasteiger partial charge in [-0.25, -0.2) is 4.98 Å². The number of carbonyl (C=O) groups is 1. The molecule has 0 N–H and O–H groups in total. The minimum Gasteiger partial charge on any atom is -0.486 e. The summed E-state index contributed by atoms with van der Waals surface area (Å²) in [5, 5.41) is 0.447. The first kappa shape index (κ1) is 12.6.